The Morgan fingerprint density at radius 2 is 2.14 bits per heavy atom. The van der Waals surface area contributed by atoms with Crippen LogP contribution >= 0.6 is 11.8 Å². The van der Waals surface area contributed by atoms with E-state index >= 15 is 0 Å². The van der Waals surface area contributed by atoms with Gasteiger partial charge in [-0.15, -0.1) is 11.8 Å². The van der Waals surface area contributed by atoms with Crippen LogP contribution in [0.25, 0.3) is 0 Å². The molecule has 0 saturated carbocycles. The molecule has 4 nitrogen and oxygen atoms in total. The van der Waals surface area contributed by atoms with E-state index in [0.29, 0.717) is 11.8 Å². The number of rotatable bonds is 7. The first-order valence-corrected chi connectivity index (χ1v) is 5.95. The van der Waals surface area contributed by atoms with E-state index in [1.807, 2.05) is 0 Å². The molecule has 0 rings (SSSR count). The van der Waals surface area contributed by atoms with Crippen molar-refractivity contribution < 1.29 is 4.79 Å². The highest BCUT2D eigenvalue weighted by atomic mass is 32.2. The molecule has 14 heavy (non-hydrogen) atoms. The first-order valence-electron chi connectivity index (χ1n) is 5.01. The summed E-state index contributed by atoms with van der Waals surface area (Å²) in [6.45, 7) is 4.81. The zero-order valence-electron chi connectivity index (χ0n) is 8.95. The van der Waals surface area contributed by atoms with Crippen LogP contribution in [0.3, 0.4) is 0 Å². The van der Waals surface area contributed by atoms with Gasteiger partial charge in [-0.25, -0.2) is 5.84 Å². The van der Waals surface area contributed by atoms with Gasteiger partial charge in [0.2, 0.25) is 5.91 Å². The number of hydrogen-bond donors (Lipinski definition) is 3. The second kappa shape index (κ2) is 8.08. The number of carbonyl (C=O) groups excluding carboxylic acids is 1. The lowest BCUT2D eigenvalue weighted by Crippen LogP contribution is -2.38. The van der Waals surface area contributed by atoms with Gasteiger partial charge in [-0.05, 0) is 19.4 Å². The lowest BCUT2D eigenvalue weighted by molar-refractivity contribution is -0.120. The summed E-state index contributed by atoms with van der Waals surface area (Å²) in [7, 11) is 0. The fraction of sp³-hybridized carbons (Fsp3) is 0.889. The highest BCUT2D eigenvalue weighted by Crippen LogP contribution is 2.23. The molecule has 0 heterocycles. The van der Waals surface area contributed by atoms with E-state index in [9.17, 15) is 4.79 Å². The van der Waals surface area contributed by atoms with E-state index in [4.69, 9.17) is 11.6 Å². The molecule has 0 spiro atoms. The fourth-order valence-corrected chi connectivity index (χ4v) is 2.60. The van der Waals surface area contributed by atoms with E-state index in [0.717, 1.165) is 19.3 Å². The number of amides is 1. The highest BCUT2D eigenvalue weighted by Gasteiger charge is 2.19. The van der Waals surface area contributed by atoms with Gasteiger partial charge >= 0.3 is 0 Å². The lowest BCUT2D eigenvalue weighted by Gasteiger charge is -2.18. The molecule has 0 aliphatic rings. The monoisotopic (exact) mass is 219 g/mol. The Bertz CT molecular complexity index is 166. The molecule has 0 bridgehead atoms. The number of hydrazine groups is 1. The van der Waals surface area contributed by atoms with E-state index in [1.54, 1.807) is 11.8 Å². The maximum atomic E-state index is 11.4. The van der Waals surface area contributed by atoms with Gasteiger partial charge in [0.1, 0.15) is 0 Å². The molecule has 0 aliphatic carbocycles. The van der Waals surface area contributed by atoms with Gasteiger partial charge in [-0.1, -0.05) is 20.3 Å². The molecule has 5 heteroatoms. The van der Waals surface area contributed by atoms with Crippen molar-refractivity contribution in [1.82, 2.24) is 5.43 Å². The van der Waals surface area contributed by atoms with Gasteiger partial charge in [0.05, 0.1) is 5.25 Å². The number of nitrogens with one attached hydrogen (secondary N) is 1. The molecule has 0 aromatic rings. The topological polar surface area (TPSA) is 81.1 Å². The van der Waals surface area contributed by atoms with Crippen LogP contribution in [0.1, 0.15) is 33.1 Å². The van der Waals surface area contributed by atoms with Crippen molar-refractivity contribution >= 4 is 17.7 Å². The Morgan fingerprint density at radius 3 is 2.57 bits per heavy atom. The van der Waals surface area contributed by atoms with Crippen LogP contribution in [-0.4, -0.2) is 23.0 Å². The average molecular weight is 219 g/mol. The van der Waals surface area contributed by atoms with Crippen LogP contribution in [0.15, 0.2) is 0 Å². The summed E-state index contributed by atoms with van der Waals surface area (Å²) < 4.78 is 0. The Labute approximate surface area is 90.1 Å². The van der Waals surface area contributed by atoms with Crippen LogP contribution in [0.5, 0.6) is 0 Å². The summed E-state index contributed by atoms with van der Waals surface area (Å²) in [6.07, 6.45) is 2.78. The van der Waals surface area contributed by atoms with Crippen LogP contribution in [-0.2, 0) is 4.79 Å². The Morgan fingerprint density at radius 1 is 1.50 bits per heavy atom. The Balaban J connectivity index is 4.01. The van der Waals surface area contributed by atoms with Crippen molar-refractivity contribution in [3.05, 3.63) is 0 Å². The van der Waals surface area contributed by atoms with E-state index < -0.39 is 0 Å². The van der Waals surface area contributed by atoms with Crippen LogP contribution in [0.4, 0.5) is 0 Å². The van der Waals surface area contributed by atoms with Crippen molar-refractivity contribution in [2.45, 2.75) is 43.6 Å². The zero-order valence-corrected chi connectivity index (χ0v) is 9.77. The van der Waals surface area contributed by atoms with Crippen molar-refractivity contribution in [1.29, 1.82) is 0 Å². The molecule has 1 amide bonds. The fourth-order valence-electron chi connectivity index (χ4n) is 1.20. The highest BCUT2D eigenvalue weighted by molar-refractivity contribution is 8.01. The molecule has 84 valence electrons. The number of hydrogen-bond acceptors (Lipinski definition) is 4. The van der Waals surface area contributed by atoms with Gasteiger partial charge < -0.3 is 5.73 Å². The smallest absolute Gasteiger partial charge is 0.246 e. The molecule has 0 saturated heterocycles. The predicted octanol–water partition coefficient (Wildman–Crippen LogP) is 0.616. The molecule has 0 fully saturated rings. The van der Waals surface area contributed by atoms with E-state index in [-0.39, 0.29) is 11.2 Å². The third kappa shape index (κ3) is 5.47. The molecule has 5 N–H and O–H groups in total. The van der Waals surface area contributed by atoms with Crippen LogP contribution < -0.4 is 17.0 Å². The molecular formula is C9H21N3OS. The molecule has 0 aromatic heterocycles. The number of carbonyl (C=O) groups is 1. The van der Waals surface area contributed by atoms with Gasteiger partial charge in [-0.2, -0.15) is 0 Å². The third-order valence-electron chi connectivity index (χ3n) is 1.96. The molecule has 0 aromatic carbocycles. The summed E-state index contributed by atoms with van der Waals surface area (Å²) in [5, 5.41) is 0.375. The Hall–Kier alpha value is -0.260. The normalized spacial score (nSPS) is 14.9. The molecule has 2 unspecified atom stereocenters. The minimum atomic E-state index is -0.0827. The number of thioether (sulfide) groups is 1. The molecule has 0 radical (unpaired) electrons. The second-order valence-electron chi connectivity index (χ2n) is 3.31. The first kappa shape index (κ1) is 13.7. The molecule has 2 atom stereocenters. The Kier molecular flexibility index (Phi) is 7.93. The summed E-state index contributed by atoms with van der Waals surface area (Å²) in [5.41, 5.74) is 7.66. The summed E-state index contributed by atoms with van der Waals surface area (Å²) in [6, 6.07) is 0. The number of nitrogens with two attached hydrogens (primary N) is 2. The zero-order chi connectivity index (χ0) is 11.0. The summed E-state index contributed by atoms with van der Waals surface area (Å²) in [5.74, 6) is 5.03. The first-order chi connectivity index (χ1) is 6.65. The third-order valence-corrected chi connectivity index (χ3v) is 3.43. The van der Waals surface area contributed by atoms with Crippen molar-refractivity contribution in [3.8, 4) is 0 Å². The van der Waals surface area contributed by atoms with Crippen molar-refractivity contribution in [2.75, 3.05) is 6.54 Å². The van der Waals surface area contributed by atoms with E-state index in [1.165, 1.54) is 0 Å². The van der Waals surface area contributed by atoms with Crippen LogP contribution in [0.2, 0.25) is 0 Å². The van der Waals surface area contributed by atoms with Gasteiger partial charge in [0.25, 0.3) is 0 Å². The van der Waals surface area contributed by atoms with Gasteiger partial charge in [0, 0.05) is 5.25 Å². The van der Waals surface area contributed by atoms with Crippen LogP contribution in [0, 0.1) is 0 Å². The minimum Gasteiger partial charge on any atom is -0.330 e. The molecule has 0 aliphatic heterocycles. The maximum absolute atomic E-state index is 11.4. The van der Waals surface area contributed by atoms with Gasteiger partial charge in [-0.3, -0.25) is 10.2 Å². The van der Waals surface area contributed by atoms with E-state index in [2.05, 4.69) is 19.3 Å². The summed E-state index contributed by atoms with van der Waals surface area (Å²) in [4.78, 5) is 11.4. The summed E-state index contributed by atoms with van der Waals surface area (Å²) >= 11 is 1.65. The van der Waals surface area contributed by atoms with Gasteiger partial charge in [0.15, 0.2) is 0 Å². The quantitative estimate of drug-likeness (QED) is 0.333. The maximum Gasteiger partial charge on any atom is 0.246 e. The standard InChI is InChI=1S/C9H21N3OS/c1-3-4-8(9(13)12-11)14-7(2)5-6-10/h7-8H,3-6,10-11H2,1-2H3,(H,12,13). The lowest BCUT2D eigenvalue weighted by atomic mass is 10.2. The predicted molar refractivity (Wildman–Crippen MR) is 61.8 cm³/mol. The minimum absolute atomic E-state index is 0.0356. The second-order valence-corrected chi connectivity index (χ2v) is 4.96. The van der Waals surface area contributed by atoms with Crippen molar-refractivity contribution in [2.24, 2.45) is 11.6 Å². The average Bonchev–Trinajstić information content (AvgIpc) is 2.16. The molecular weight excluding hydrogens is 198 g/mol. The largest absolute Gasteiger partial charge is 0.330 e. The van der Waals surface area contributed by atoms with Crippen molar-refractivity contribution in [3.63, 3.8) is 0 Å². The SMILES string of the molecule is CCCC(SC(C)CCN)C(=O)NN.